The summed E-state index contributed by atoms with van der Waals surface area (Å²) in [6.45, 7) is 2.65. The van der Waals surface area contributed by atoms with Crippen molar-refractivity contribution in [2.75, 3.05) is 32.3 Å². The second kappa shape index (κ2) is 10.5. The molecule has 0 unspecified atom stereocenters. The van der Waals surface area contributed by atoms with Gasteiger partial charge in [-0.3, -0.25) is 4.79 Å². The monoisotopic (exact) mass is 399 g/mol. The molecule has 1 aromatic carbocycles. The van der Waals surface area contributed by atoms with Gasteiger partial charge in [-0.25, -0.2) is 0 Å². The molecule has 1 heterocycles. The molecule has 2 aromatic rings. The van der Waals surface area contributed by atoms with Crippen molar-refractivity contribution in [1.29, 1.82) is 0 Å². The van der Waals surface area contributed by atoms with Crippen LogP contribution < -0.4 is 14.8 Å². The van der Waals surface area contributed by atoms with Crippen LogP contribution in [0.15, 0.2) is 26.9 Å². The summed E-state index contributed by atoms with van der Waals surface area (Å²) < 4.78 is 12.3. The minimum Gasteiger partial charge on any atom is -0.493 e. The zero-order valence-corrected chi connectivity index (χ0v) is 16.9. The smallest absolute Gasteiger partial charge is 0.230 e. The fourth-order valence-corrected chi connectivity index (χ4v) is 4.74. The van der Waals surface area contributed by atoms with Crippen LogP contribution >= 0.6 is 34.9 Å². The molecule has 1 N–H and O–H groups in total. The van der Waals surface area contributed by atoms with Crippen LogP contribution in [0.3, 0.4) is 0 Å². The van der Waals surface area contributed by atoms with E-state index >= 15 is 0 Å². The normalized spacial score (nSPS) is 10.5. The summed E-state index contributed by atoms with van der Waals surface area (Å²) in [6.07, 6.45) is 0.729. The van der Waals surface area contributed by atoms with Gasteiger partial charge in [-0.15, -0.1) is 10.2 Å². The highest BCUT2D eigenvalue weighted by atomic mass is 32.2. The Bertz CT molecular complexity index is 694. The molecule has 2 rings (SSSR count). The number of nitrogens with zero attached hydrogens (tertiary/aromatic N) is 2. The van der Waals surface area contributed by atoms with Crippen LogP contribution in [0.25, 0.3) is 0 Å². The van der Waals surface area contributed by atoms with E-state index < -0.39 is 0 Å². The lowest BCUT2D eigenvalue weighted by Crippen LogP contribution is -2.27. The summed E-state index contributed by atoms with van der Waals surface area (Å²) in [5.74, 6) is 2.70. The van der Waals surface area contributed by atoms with E-state index in [1.807, 2.05) is 18.2 Å². The molecule has 0 saturated heterocycles. The fourth-order valence-electron chi connectivity index (χ4n) is 2.00. The van der Waals surface area contributed by atoms with E-state index in [-0.39, 0.29) is 5.91 Å². The third-order valence-electron chi connectivity index (χ3n) is 3.17. The van der Waals surface area contributed by atoms with Gasteiger partial charge in [0.15, 0.2) is 20.2 Å². The SMILES string of the molecule is CCSc1nnc(SCC(=O)NCCc2ccc(OC)c(OC)c2)s1. The summed E-state index contributed by atoms with van der Waals surface area (Å²) in [7, 11) is 3.22. The molecular formula is C16H21N3O3S3. The first kappa shape index (κ1) is 19.9. The Balaban J connectivity index is 1.72. The standard InChI is InChI=1S/C16H21N3O3S3/c1-4-23-15-18-19-16(25-15)24-10-14(20)17-8-7-11-5-6-12(21-2)13(9-11)22-3/h5-6,9H,4,7-8,10H2,1-3H3,(H,17,20). The predicted octanol–water partition coefficient (Wildman–Crippen LogP) is 3.12. The van der Waals surface area contributed by atoms with Crippen molar-refractivity contribution < 1.29 is 14.3 Å². The maximum atomic E-state index is 11.9. The molecule has 1 aromatic heterocycles. The van der Waals surface area contributed by atoms with Gasteiger partial charge in [0.25, 0.3) is 0 Å². The molecule has 9 heteroatoms. The van der Waals surface area contributed by atoms with Crippen LogP contribution in [0.5, 0.6) is 11.5 Å². The lowest BCUT2D eigenvalue weighted by molar-refractivity contribution is -0.118. The number of carbonyl (C=O) groups excluding carboxylic acids is 1. The third-order valence-corrected chi connectivity index (χ3v) is 6.24. The molecule has 25 heavy (non-hydrogen) atoms. The number of ether oxygens (including phenoxy) is 2. The van der Waals surface area contributed by atoms with Crippen LogP contribution in [0.4, 0.5) is 0 Å². The summed E-state index contributed by atoms with van der Waals surface area (Å²) in [5.41, 5.74) is 1.08. The van der Waals surface area contributed by atoms with Crippen molar-refractivity contribution >= 4 is 40.8 Å². The number of benzene rings is 1. The minimum absolute atomic E-state index is 0.00892. The van der Waals surface area contributed by atoms with Gasteiger partial charge in [-0.1, -0.05) is 47.9 Å². The quantitative estimate of drug-likeness (QED) is 0.615. The summed E-state index contributed by atoms with van der Waals surface area (Å²) >= 11 is 4.60. The molecule has 0 aliphatic rings. The Labute approximate surface area is 160 Å². The first-order valence-corrected chi connectivity index (χ1v) is 10.5. The Morgan fingerprint density at radius 3 is 2.56 bits per heavy atom. The van der Waals surface area contributed by atoms with Crippen molar-refractivity contribution in [2.45, 2.75) is 22.0 Å². The lowest BCUT2D eigenvalue weighted by atomic mass is 10.1. The van der Waals surface area contributed by atoms with E-state index in [1.54, 1.807) is 26.0 Å². The number of rotatable bonds is 10. The molecule has 0 fully saturated rings. The number of thioether (sulfide) groups is 2. The highest BCUT2D eigenvalue weighted by Gasteiger charge is 2.09. The summed E-state index contributed by atoms with van der Waals surface area (Å²) in [6, 6.07) is 5.76. The maximum Gasteiger partial charge on any atom is 0.230 e. The first-order valence-electron chi connectivity index (χ1n) is 7.73. The second-order valence-electron chi connectivity index (χ2n) is 4.84. The van der Waals surface area contributed by atoms with Gasteiger partial charge in [0.2, 0.25) is 5.91 Å². The molecule has 0 spiro atoms. The van der Waals surface area contributed by atoms with E-state index in [1.165, 1.54) is 23.1 Å². The number of nitrogens with one attached hydrogen (secondary N) is 1. The first-order chi connectivity index (χ1) is 12.2. The van der Waals surface area contributed by atoms with Crippen LogP contribution in [0, 0.1) is 0 Å². The number of hydrogen-bond acceptors (Lipinski definition) is 8. The van der Waals surface area contributed by atoms with E-state index in [0.29, 0.717) is 23.8 Å². The highest BCUT2D eigenvalue weighted by molar-refractivity contribution is 8.03. The maximum absolute atomic E-state index is 11.9. The van der Waals surface area contributed by atoms with Crippen molar-refractivity contribution in [3.05, 3.63) is 23.8 Å². The number of aromatic nitrogens is 2. The largest absolute Gasteiger partial charge is 0.493 e. The third kappa shape index (κ3) is 6.41. The molecule has 1 amide bonds. The predicted molar refractivity (Wildman–Crippen MR) is 103 cm³/mol. The number of carbonyl (C=O) groups is 1. The molecule has 0 radical (unpaired) electrons. The lowest BCUT2D eigenvalue weighted by Gasteiger charge is -2.10. The average Bonchev–Trinajstić information content (AvgIpc) is 3.07. The molecule has 0 saturated carbocycles. The van der Waals surface area contributed by atoms with Gasteiger partial charge in [-0.2, -0.15) is 0 Å². The molecule has 136 valence electrons. The van der Waals surface area contributed by atoms with Crippen LogP contribution in [-0.2, 0) is 11.2 Å². The van der Waals surface area contributed by atoms with Crippen molar-refractivity contribution in [3.63, 3.8) is 0 Å². The van der Waals surface area contributed by atoms with E-state index in [4.69, 9.17) is 9.47 Å². The molecule has 0 aliphatic carbocycles. The van der Waals surface area contributed by atoms with E-state index in [0.717, 1.165) is 26.4 Å². The van der Waals surface area contributed by atoms with Gasteiger partial charge in [-0.05, 0) is 29.9 Å². The molecule has 0 aliphatic heterocycles. The summed E-state index contributed by atoms with van der Waals surface area (Å²) in [4.78, 5) is 11.9. The Hall–Kier alpha value is -1.45. The van der Waals surface area contributed by atoms with Gasteiger partial charge >= 0.3 is 0 Å². The van der Waals surface area contributed by atoms with Crippen LogP contribution in [-0.4, -0.2) is 48.4 Å². The van der Waals surface area contributed by atoms with Gasteiger partial charge in [0.05, 0.1) is 20.0 Å². The fraction of sp³-hybridized carbons (Fsp3) is 0.438. The Kier molecular flexibility index (Phi) is 8.36. The number of methoxy groups -OCH3 is 2. The highest BCUT2D eigenvalue weighted by Crippen LogP contribution is 2.29. The second-order valence-corrected chi connectivity index (χ2v) is 8.56. The summed E-state index contributed by atoms with van der Waals surface area (Å²) in [5, 5.41) is 11.1. The van der Waals surface area contributed by atoms with E-state index in [9.17, 15) is 4.79 Å². The van der Waals surface area contributed by atoms with Crippen molar-refractivity contribution in [2.24, 2.45) is 0 Å². The minimum atomic E-state index is -0.00892. The topological polar surface area (TPSA) is 73.3 Å². The molecule has 0 bridgehead atoms. The average molecular weight is 400 g/mol. The molecular weight excluding hydrogens is 378 g/mol. The molecule has 0 atom stereocenters. The Morgan fingerprint density at radius 1 is 1.16 bits per heavy atom. The van der Waals surface area contributed by atoms with Crippen molar-refractivity contribution in [1.82, 2.24) is 15.5 Å². The van der Waals surface area contributed by atoms with Gasteiger partial charge < -0.3 is 14.8 Å². The van der Waals surface area contributed by atoms with Crippen molar-refractivity contribution in [3.8, 4) is 11.5 Å². The molecule has 6 nitrogen and oxygen atoms in total. The van der Waals surface area contributed by atoms with Gasteiger partial charge in [0, 0.05) is 6.54 Å². The number of amides is 1. The number of hydrogen-bond donors (Lipinski definition) is 1. The zero-order valence-electron chi connectivity index (χ0n) is 14.4. The van der Waals surface area contributed by atoms with Gasteiger partial charge in [0.1, 0.15) is 0 Å². The van der Waals surface area contributed by atoms with Crippen LogP contribution in [0.2, 0.25) is 0 Å². The van der Waals surface area contributed by atoms with Crippen LogP contribution in [0.1, 0.15) is 12.5 Å². The van der Waals surface area contributed by atoms with E-state index in [2.05, 4.69) is 22.4 Å². The Morgan fingerprint density at radius 2 is 1.88 bits per heavy atom. The zero-order chi connectivity index (χ0) is 18.1.